The Morgan fingerprint density at radius 1 is 0.778 bits per heavy atom. The van der Waals surface area contributed by atoms with Crippen LogP contribution in [0, 0.1) is 21.7 Å². The van der Waals surface area contributed by atoms with E-state index in [0.29, 0.717) is 18.6 Å². The minimum atomic E-state index is -0.669. The van der Waals surface area contributed by atoms with Crippen LogP contribution in [0.4, 0.5) is 14.5 Å². The molecule has 6 rings (SSSR count). The van der Waals surface area contributed by atoms with Gasteiger partial charge in [-0.1, -0.05) is 24.3 Å². The molecule has 0 spiro atoms. The van der Waals surface area contributed by atoms with E-state index in [0.717, 1.165) is 22.0 Å². The molecule has 0 aliphatic carbocycles. The van der Waals surface area contributed by atoms with Gasteiger partial charge in [0.25, 0.3) is 5.69 Å². The first-order valence-electron chi connectivity index (χ1n) is 13.4. The molecule has 0 N–H and O–H groups in total. The molecule has 4 aromatic heterocycles. The van der Waals surface area contributed by atoms with E-state index in [-0.39, 0.29) is 34.1 Å². The first-order valence-corrected chi connectivity index (χ1v) is 13.4. The van der Waals surface area contributed by atoms with E-state index in [9.17, 15) is 28.5 Å². The van der Waals surface area contributed by atoms with Crippen molar-refractivity contribution in [1.82, 2.24) is 19.1 Å². The number of rotatable bonds is 7. The minimum absolute atomic E-state index is 0.00682. The summed E-state index contributed by atoms with van der Waals surface area (Å²) in [4.78, 5) is 41.9. The van der Waals surface area contributed by atoms with Gasteiger partial charge in [0.05, 0.1) is 54.2 Å². The number of carbonyl (C=O) groups is 2. The molecule has 0 bridgehead atoms. The summed E-state index contributed by atoms with van der Waals surface area (Å²) < 4.78 is 38.8. The molecule has 45 heavy (non-hydrogen) atoms. The van der Waals surface area contributed by atoms with Gasteiger partial charge in [-0.15, -0.1) is 0 Å². The maximum atomic E-state index is 13.0. The Hall–Kier alpha value is -5.98. The first-order chi connectivity index (χ1) is 21.7. The fraction of sp³-hybridized carbons (Fsp3) is 0.125. The van der Waals surface area contributed by atoms with Crippen molar-refractivity contribution in [2.45, 2.75) is 13.1 Å². The number of hydrogen-bond donors (Lipinski definition) is 0. The van der Waals surface area contributed by atoms with Gasteiger partial charge < -0.3 is 18.6 Å². The van der Waals surface area contributed by atoms with Gasteiger partial charge in [0, 0.05) is 24.7 Å². The van der Waals surface area contributed by atoms with Crippen LogP contribution < -0.4 is 0 Å². The highest BCUT2D eigenvalue weighted by Gasteiger charge is 2.21. The lowest BCUT2D eigenvalue weighted by Gasteiger charge is -2.06. The van der Waals surface area contributed by atoms with Crippen molar-refractivity contribution in [3.63, 3.8) is 0 Å². The maximum absolute atomic E-state index is 13.0. The fourth-order valence-corrected chi connectivity index (χ4v) is 4.68. The number of carbonyl (C=O) groups excluding carboxylic acids is 2. The van der Waals surface area contributed by atoms with Crippen LogP contribution in [-0.2, 0) is 22.6 Å². The number of fused-ring (bicyclic) bond motifs is 2. The van der Waals surface area contributed by atoms with Crippen molar-refractivity contribution in [2.75, 3.05) is 14.2 Å². The zero-order chi connectivity index (χ0) is 32.1. The summed E-state index contributed by atoms with van der Waals surface area (Å²) in [7, 11) is 2.54. The number of ether oxygens (including phenoxy) is 2. The van der Waals surface area contributed by atoms with Gasteiger partial charge in [-0.05, 0) is 53.6 Å². The second-order valence-electron chi connectivity index (χ2n) is 9.79. The van der Waals surface area contributed by atoms with E-state index < -0.39 is 16.9 Å². The van der Waals surface area contributed by atoms with Crippen LogP contribution in [0.3, 0.4) is 0 Å². The van der Waals surface area contributed by atoms with Crippen LogP contribution in [0.25, 0.3) is 21.8 Å². The van der Waals surface area contributed by atoms with Crippen molar-refractivity contribution >= 4 is 39.4 Å². The molecule has 0 amide bonds. The molecule has 0 fully saturated rings. The maximum Gasteiger partial charge on any atom is 0.356 e. The summed E-state index contributed by atoms with van der Waals surface area (Å²) in [6.45, 7) is 0.924. The van der Waals surface area contributed by atoms with Crippen molar-refractivity contribution < 1.29 is 32.8 Å². The molecule has 13 heteroatoms. The number of pyridine rings is 2. The number of nitro groups is 1. The van der Waals surface area contributed by atoms with E-state index in [4.69, 9.17) is 0 Å². The Bertz CT molecular complexity index is 2020. The molecular weight excluding hydrogens is 588 g/mol. The molecule has 11 nitrogen and oxygen atoms in total. The Kier molecular flexibility index (Phi) is 8.89. The van der Waals surface area contributed by atoms with E-state index in [1.165, 1.54) is 56.9 Å². The predicted octanol–water partition coefficient (Wildman–Crippen LogP) is 5.93. The Labute approximate surface area is 254 Å². The van der Waals surface area contributed by atoms with Crippen molar-refractivity contribution in [1.29, 1.82) is 0 Å². The Morgan fingerprint density at radius 2 is 1.29 bits per heavy atom. The first kappa shape index (κ1) is 30.5. The van der Waals surface area contributed by atoms with Gasteiger partial charge in [0.1, 0.15) is 23.0 Å². The Balaban J connectivity index is 0.000000179. The number of esters is 2. The fourth-order valence-electron chi connectivity index (χ4n) is 4.68. The van der Waals surface area contributed by atoms with Crippen molar-refractivity contribution in [3.05, 3.63) is 136 Å². The summed E-state index contributed by atoms with van der Waals surface area (Å²) in [5.41, 5.74) is 3.31. The van der Waals surface area contributed by atoms with Crippen LogP contribution in [0.15, 0.2) is 91.5 Å². The normalized spacial score (nSPS) is 10.8. The van der Waals surface area contributed by atoms with Crippen LogP contribution in [0.2, 0.25) is 0 Å². The number of methoxy groups -OCH3 is 2. The molecule has 2 aromatic carbocycles. The van der Waals surface area contributed by atoms with Gasteiger partial charge in [0.15, 0.2) is 0 Å². The van der Waals surface area contributed by atoms with Crippen LogP contribution in [-0.4, -0.2) is 50.2 Å². The molecule has 6 aromatic rings. The Morgan fingerprint density at radius 3 is 1.82 bits per heavy atom. The van der Waals surface area contributed by atoms with E-state index in [2.05, 4.69) is 19.4 Å². The average molecular weight is 614 g/mol. The molecule has 0 unspecified atom stereocenters. The molecule has 0 saturated carbocycles. The number of benzene rings is 2. The zero-order valence-electron chi connectivity index (χ0n) is 24.0. The zero-order valence-corrected chi connectivity index (χ0v) is 24.0. The topological polar surface area (TPSA) is 131 Å². The van der Waals surface area contributed by atoms with Crippen LogP contribution in [0.5, 0.6) is 0 Å². The third-order valence-corrected chi connectivity index (χ3v) is 6.92. The lowest BCUT2D eigenvalue weighted by atomic mass is 10.2. The second-order valence-corrected chi connectivity index (χ2v) is 9.79. The number of halogens is 2. The van der Waals surface area contributed by atoms with Gasteiger partial charge in [-0.2, -0.15) is 0 Å². The summed E-state index contributed by atoms with van der Waals surface area (Å²) >= 11 is 0. The average Bonchev–Trinajstić information content (AvgIpc) is 3.63. The van der Waals surface area contributed by atoms with Crippen LogP contribution >= 0.6 is 0 Å². The second kappa shape index (κ2) is 13.1. The minimum Gasteiger partial charge on any atom is -0.464 e. The molecule has 0 atom stereocenters. The quantitative estimate of drug-likeness (QED) is 0.123. The number of aromatic nitrogens is 4. The van der Waals surface area contributed by atoms with Crippen LogP contribution in [0.1, 0.15) is 32.1 Å². The molecule has 228 valence electrons. The number of nitrogens with zero attached hydrogens (tertiary/aromatic N) is 5. The molecule has 4 heterocycles. The molecule has 0 radical (unpaired) electrons. The predicted molar refractivity (Wildman–Crippen MR) is 160 cm³/mol. The standard InChI is InChI=1S/C16H12FN3O4.C16H13FN2O2/c1-24-16(21)13-6-12-14(7-18-13)19(9-15(12)20(22)23)8-10-2-4-11(17)5-3-10;1-21-16(20)14-8-12-6-7-19(15(12)9-18-14)10-11-2-4-13(17)5-3-11/h2-7,9H,8H2,1H3;2-9H,10H2,1H3. The molecule has 0 aliphatic heterocycles. The van der Waals surface area contributed by atoms with Gasteiger partial charge >= 0.3 is 11.9 Å². The molecule has 0 aliphatic rings. The monoisotopic (exact) mass is 613 g/mol. The molecule has 0 saturated heterocycles. The van der Waals surface area contributed by atoms with Gasteiger partial charge in [0.2, 0.25) is 0 Å². The third kappa shape index (κ3) is 6.82. The highest BCUT2D eigenvalue weighted by Crippen LogP contribution is 2.29. The lowest BCUT2D eigenvalue weighted by Crippen LogP contribution is -2.04. The number of hydrogen-bond acceptors (Lipinski definition) is 8. The summed E-state index contributed by atoms with van der Waals surface area (Å²) in [6, 6.07) is 17.2. The van der Waals surface area contributed by atoms with Gasteiger partial charge in [-0.3, -0.25) is 10.1 Å². The van der Waals surface area contributed by atoms with E-state index in [1.54, 1.807) is 41.1 Å². The third-order valence-electron chi connectivity index (χ3n) is 6.92. The SMILES string of the molecule is COC(=O)c1cc2c([N+](=O)[O-])cn(Cc3ccc(F)cc3)c2cn1.COC(=O)c1cc2ccn(Cc3ccc(F)cc3)c2cn1. The molecular formula is C32H25F2N5O6. The van der Waals surface area contributed by atoms with Crippen molar-refractivity contribution in [2.24, 2.45) is 0 Å². The summed E-state index contributed by atoms with van der Waals surface area (Å²) in [5, 5.41) is 12.5. The van der Waals surface area contributed by atoms with E-state index >= 15 is 0 Å². The smallest absolute Gasteiger partial charge is 0.356 e. The summed E-state index contributed by atoms with van der Waals surface area (Å²) in [6.07, 6.45) is 6.32. The highest BCUT2D eigenvalue weighted by atomic mass is 19.1. The van der Waals surface area contributed by atoms with E-state index in [1.807, 2.05) is 16.8 Å². The van der Waals surface area contributed by atoms with Gasteiger partial charge in [-0.25, -0.2) is 28.3 Å². The summed E-state index contributed by atoms with van der Waals surface area (Å²) in [5.74, 6) is -1.73. The largest absolute Gasteiger partial charge is 0.464 e. The van der Waals surface area contributed by atoms with Crippen molar-refractivity contribution in [3.8, 4) is 0 Å². The lowest BCUT2D eigenvalue weighted by molar-refractivity contribution is -0.383. The highest BCUT2D eigenvalue weighted by molar-refractivity contribution is 5.96.